The zero-order chi connectivity index (χ0) is 18.6. The summed E-state index contributed by atoms with van der Waals surface area (Å²) in [5, 5.41) is 0. The molecule has 5 heteroatoms. The monoisotopic (exact) mass is 390 g/mol. The summed E-state index contributed by atoms with van der Waals surface area (Å²) in [6.45, 7) is 4.08. The molecule has 0 unspecified atom stereocenters. The van der Waals surface area contributed by atoms with Gasteiger partial charge in [-0.05, 0) is 51.0 Å². The summed E-state index contributed by atoms with van der Waals surface area (Å²) in [6, 6.07) is 17.0. The molecule has 0 heterocycles. The molecule has 0 spiro atoms. The van der Waals surface area contributed by atoms with E-state index in [1.165, 1.54) is 0 Å². The Labute approximate surface area is 161 Å². The molecule has 0 bridgehead atoms. The summed E-state index contributed by atoms with van der Waals surface area (Å²) in [7, 11) is -3.77. The maximum Gasteiger partial charge on any atom is 0.297 e. The van der Waals surface area contributed by atoms with E-state index in [1.807, 2.05) is 25.1 Å². The molecule has 0 amide bonds. The molecule has 1 fully saturated rings. The van der Waals surface area contributed by atoms with Crippen LogP contribution in [0, 0.1) is 6.92 Å². The molecular weight excluding hydrogens is 364 g/mol. The van der Waals surface area contributed by atoms with Gasteiger partial charge >= 0.3 is 0 Å². The average molecular weight is 391 g/mol. The van der Waals surface area contributed by atoms with Crippen molar-refractivity contribution in [3.8, 4) is 0 Å². The largest absolute Gasteiger partial charge is 0.297 e. The zero-order valence-electron chi connectivity index (χ0n) is 15.4. The van der Waals surface area contributed by atoms with Crippen LogP contribution in [0.3, 0.4) is 0 Å². The molecule has 0 aliphatic heterocycles. The van der Waals surface area contributed by atoms with Crippen LogP contribution in [-0.4, -0.2) is 19.3 Å². The third-order valence-electron chi connectivity index (χ3n) is 4.97. The van der Waals surface area contributed by atoms with E-state index >= 15 is 0 Å². The number of thioether (sulfide) groups is 1. The molecule has 0 N–H and O–H groups in total. The first kappa shape index (κ1) is 19.5. The summed E-state index contributed by atoms with van der Waals surface area (Å²) >= 11 is 1.74. The molecule has 0 aromatic heterocycles. The van der Waals surface area contributed by atoms with E-state index in [0.29, 0.717) is 0 Å². The molecule has 26 heavy (non-hydrogen) atoms. The van der Waals surface area contributed by atoms with Crippen LogP contribution >= 0.6 is 11.8 Å². The molecule has 3 rings (SSSR count). The Hall–Kier alpha value is -1.30. The van der Waals surface area contributed by atoms with E-state index < -0.39 is 10.1 Å². The van der Waals surface area contributed by atoms with Crippen LogP contribution in [0.5, 0.6) is 0 Å². The molecular formula is C21H26O3S2. The Balaban J connectivity index is 1.85. The first-order valence-electron chi connectivity index (χ1n) is 9.13. The van der Waals surface area contributed by atoms with E-state index in [2.05, 4.69) is 19.1 Å². The molecule has 2 atom stereocenters. The number of hydrogen-bond donors (Lipinski definition) is 0. The maximum atomic E-state index is 12.8. The van der Waals surface area contributed by atoms with Gasteiger partial charge in [-0.1, -0.05) is 55.2 Å². The van der Waals surface area contributed by atoms with Crippen LogP contribution < -0.4 is 0 Å². The Morgan fingerprint density at radius 1 is 1.00 bits per heavy atom. The highest BCUT2D eigenvalue weighted by Crippen LogP contribution is 2.44. The second-order valence-corrected chi connectivity index (χ2v) is 10.4. The van der Waals surface area contributed by atoms with Crippen LogP contribution in [0.2, 0.25) is 0 Å². The molecule has 1 saturated carbocycles. The van der Waals surface area contributed by atoms with Crippen molar-refractivity contribution < 1.29 is 12.6 Å². The molecule has 0 saturated heterocycles. The number of aryl methyl sites for hydroxylation is 1. The van der Waals surface area contributed by atoms with Crippen molar-refractivity contribution in [2.24, 2.45) is 0 Å². The summed E-state index contributed by atoms with van der Waals surface area (Å²) < 4.78 is 31.2. The van der Waals surface area contributed by atoms with Crippen molar-refractivity contribution in [2.45, 2.75) is 66.6 Å². The quantitative estimate of drug-likeness (QED) is 0.493. The van der Waals surface area contributed by atoms with Crippen molar-refractivity contribution in [1.29, 1.82) is 0 Å². The summed E-state index contributed by atoms with van der Waals surface area (Å²) in [6.07, 6.45) is 4.60. The highest BCUT2D eigenvalue weighted by molar-refractivity contribution is 8.00. The highest BCUT2D eigenvalue weighted by atomic mass is 32.2. The number of benzene rings is 2. The minimum absolute atomic E-state index is 0.236. The lowest BCUT2D eigenvalue weighted by molar-refractivity contribution is 0.160. The predicted octanol–water partition coefficient (Wildman–Crippen LogP) is 5.58. The number of rotatable bonds is 5. The van der Waals surface area contributed by atoms with Crippen molar-refractivity contribution in [1.82, 2.24) is 0 Å². The first-order chi connectivity index (χ1) is 12.4. The van der Waals surface area contributed by atoms with Gasteiger partial charge in [-0.3, -0.25) is 4.18 Å². The minimum Gasteiger partial charge on any atom is -0.262 e. The third kappa shape index (κ3) is 4.70. The lowest BCUT2D eigenvalue weighted by atomic mass is 9.99. The van der Waals surface area contributed by atoms with Gasteiger partial charge in [0.25, 0.3) is 10.1 Å². The van der Waals surface area contributed by atoms with Gasteiger partial charge in [0.15, 0.2) is 0 Å². The topological polar surface area (TPSA) is 43.4 Å². The smallest absolute Gasteiger partial charge is 0.262 e. The standard InChI is InChI=1S/C21H26O3S2/c1-17-12-14-19(15-13-17)26(22,23)24-20-11-7-4-8-16-21(20,2)25-18-9-5-3-6-10-18/h3,5-6,9-10,12-15,20H,4,7-8,11,16H2,1-2H3/t20-,21+/m0/s1. The van der Waals surface area contributed by atoms with E-state index in [-0.39, 0.29) is 15.7 Å². The van der Waals surface area contributed by atoms with Gasteiger partial charge in [-0.2, -0.15) is 8.42 Å². The minimum atomic E-state index is -3.77. The fraction of sp³-hybridized carbons (Fsp3) is 0.429. The van der Waals surface area contributed by atoms with Gasteiger partial charge in [0, 0.05) is 9.64 Å². The fourth-order valence-corrected chi connectivity index (χ4v) is 6.02. The Kier molecular flexibility index (Phi) is 6.10. The van der Waals surface area contributed by atoms with Crippen LogP contribution in [0.4, 0.5) is 0 Å². The third-order valence-corrected chi connectivity index (χ3v) is 7.74. The van der Waals surface area contributed by atoms with Crippen LogP contribution in [0.15, 0.2) is 64.4 Å². The van der Waals surface area contributed by atoms with Gasteiger partial charge in [-0.25, -0.2) is 0 Å². The van der Waals surface area contributed by atoms with E-state index in [1.54, 1.807) is 36.0 Å². The SMILES string of the molecule is Cc1ccc(S(=O)(=O)O[C@H]2CCCCC[C@@]2(C)Sc2ccccc2)cc1. The highest BCUT2D eigenvalue weighted by Gasteiger charge is 2.40. The van der Waals surface area contributed by atoms with Crippen molar-refractivity contribution in [3.63, 3.8) is 0 Å². The van der Waals surface area contributed by atoms with E-state index in [4.69, 9.17) is 4.18 Å². The molecule has 2 aromatic rings. The molecule has 0 radical (unpaired) electrons. The summed E-state index contributed by atoms with van der Waals surface area (Å²) in [4.78, 5) is 1.39. The molecule has 1 aliphatic carbocycles. The van der Waals surface area contributed by atoms with Crippen molar-refractivity contribution >= 4 is 21.9 Å². The second-order valence-electron chi connectivity index (χ2n) is 7.18. The normalized spacial score (nSPS) is 24.2. The van der Waals surface area contributed by atoms with Crippen molar-refractivity contribution in [3.05, 3.63) is 60.2 Å². The molecule has 2 aromatic carbocycles. The second kappa shape index (κ2) is 8.15. The van der Waals surface area contributed by atoms with Gasteiger partial charge in [0.05, 0.1) is 11.0 Å². The lowest BCUT2D eigenvalue weighted by Crippen LogP contribution is -2.38. The van der Waals surface area contributed by atoms with Gasteiger partial charge < -0.3 is 0 Å². The van der Waals surface area contributed by atoms with E-state index in [9.17, 15) is 8.42 Å². The Morgan fingerprint density at radius 3 is 2.38 bits per heavy atom. The Bertz CT molecular complexity index is 816. The summed E-state index contributed by atoms with van der Waals surface area (Å²) in [5.41, 5.74) is 1.03. The van der Waals surface area contributed by atoms with E-state index in [0.717, 1.165) is 42.6 Å². The summed E-state index contributed by atoms with van der Waals surface area (Å²) in [5.74, 6) is 0. The first-order valence-corrected chi connectivity index (χ1v) is 11.4. The fourth-order valence-electron chi connectivity index (χ4n) is 3.39. The van der Waals surface area contributed by atoms with Crippen molar-refractivity contribution in [2.75, 3.05) is 0 Å². The zero-order valence-corrected chi connectivity index (χ0v) is 17.0. The van der Waals surface area contributed by atoms with Crippen LogP contribution in [0.25, 0.3) is 0 Å². The maximum absolute atomic E-state index is 12.8. The lowest BCUT2D eigenvalue weighted by Gasteiger charge is -2.35. The average Bonchev–Trinajstić information content (AvgIpc) is 2.78. The van der Waals surface area contributed by atoms with Gasteiger partial charge in [0.2, 0.25) is 0 Å². The number of hydrogen-bond acceptors (Lipinski definition) is 4. The predicted molar refractivity (Wildman–Crippen MR) is 107 cm³/mol. The van der Waals surface area contributed by atoms with Gasteiger partial charge in [-0.15, -0.1) is 11.8 Å². The molecule has 3 nitrogen and oxygen atoms in total. The Morgan fingerprint density at radius 2 is 1.69 bits per heavy atom. The molecule has 140 valence electrons. The van der Waals surface area contributed by atoms with Crippen LogP contribution in [0.1, 0.15) is 44.6 Å². The van der Waals surface area contributed by atoms with Gasteiger partial charge in [0.1, 0.15) is 0 Å². The van der Waals surface area contributed by atoms with Crippen LogP contribution in [-0.2, 0) is 14.3 Å². The molecule has 1 aliphatic rings.